The minimum Gasteiger partial charge on any atom is -0.395 e. The van der Waals surface area contributed by atoms with Crippen LogP contribution in [0.25, 0.3) is 0 Å². The van der Waals surface area contributed by atoms with E-state index < -0.39 is 17.7 Å². The Labute approximate surface area is 137 Å². The molecule has 1 heterocycles. The van der Waals surface area contributed by atoms with Crippen molar-refractivity contribution in [3.63, 3.8) is 0 Å². The van der Waals surface area contributed by atoms with Gasteiger partial charge in [0.1, 0.15) is 0 Å². The van der Waals surface area contributed by atoms with Gasteiger partial charge in [-0.1, -0.05) is 12.1 Å². The summed E-state index contributed by atoms with van der Waals surface area (Å²) in [7, 11) is 0. The van der Waals surface area contributed by atoms with Crippen LogP contribution in [-0.4, -0.2) is 41.5 Å². The Bertz CT molecular complexity index is 604. The summed E-state index contributed by atoms with van der Waals surface area (Å²) in [5.74, 6) is -0.857. The van der Waals surface area contributed by atoms with Crippen molar-refractivity contribution in [3.8, 4) is 0 Å². The van der Waals surface area contributed by atoms with E-state index in [0.717, 1.165) is 12.1 Å². The standard InChI is InChI=1S/C16H19F3N2O3/c17-16(18,19)13-3-1-2-11(8-13)9-21-10-12(4-5-14(21)23)15(24)20-6-7-22/h1-3,8,12,22H,4-7,9-10H2,(H,20,24)/t12-/m0/s1. The van der Waals surface area contributed by atoms with Crippen LogP contribution < -0.4 is 5.32 Å². The van der Waals surface area contributed by atoms with Gasteiger partial charge in [-0.25, -0.2) is 0 Å². The highest BCUT2D eigenvalue weighted by Crippen LogP contribution is 2.30. The van der Waals surface area contributed by atoms with Crippen LogP contribution in [0.15, 0.2) is 24.3 Å². The second-order valence-electron chi connectivity index (χ2n) is 5.72. The summed E-state index contributed by atoms with van der Waals surface area (Å²) in [6.07, 6.45) is -3.86. The maximum absolute atomic E-state index is 12.8. The lowest BCUT2D eigenvalue weighted by molar-refractivity contribution is -0.139. The number of benzene rings is 1. The van der Waals surface area contributed by atoms with Crippen molar-refractivity contribution < 1.29 is 27.9 Å². The average Bonchev–Trinajstić information content (AvgIpc) is 2.54. The smallest absolute Gasteiger partial charge is 0.395 e. The molecule has 2 N–H and O–H groups in total. The van der Waals surface area contributed by atoms with E-state index in [9.17, 15) is 22.8 Å². The van der Waals surface area contributed by atoms with Gasteiger partial charge in [0.25, 0.3) is 0 Å². The molecular formula is C16H19F3N2O3. The number of nitrogens with one attached hydrogen (secondary N) is 1. The summed E-state index contributed by atoms with van der Waals surface area (Å²) in [5.41, 5.74) is -0.392. The molecule has 0 saturated carbocycles. The van der Waals surface area contributed by atoms with E-state index in [0.29, 0.717) is 12.0 Å². The molecule has 5 nitrogen and oxygen atoms in total. The molecular weight excluding hydrogens is 325 g/mol. The predicted molar refractivity (Wildman–Crippen MR) is 79.7 cm³/mol. The van der Waals surface area contributed by atoms with Gasteiger partial charge < -0.3 is 15.3 Å². The second-order valence-corrected chi connectivity index (χ2v) is 5.72. The number of halogens is 3. The molecule has 1 saturated heterocycles. The number of carbonyl (C=O) groups is 2. The van der Waals surface area contributed by atoms with Crippen molar-refractivity contribution in [1.29, 1.82) is 0 Å². The van der Waals surface area contributed by atoms with Gasteiger partial charge in [0.05, 0.1) is 18.1 Å². The first-order valence-corrected chi connectivity index (χ1v) is 7.63. The van der Waals surface area contributed by atoms with E-state index >= 15 is 0 Å². The van der Waals surface area contributed by atoms with Crippen LogP contribution >= 0.6 is 0 Å². The maximum atomic E-state index is 12.8. The SMILES string of the molecule is O=C(NCCO)[C@H]1CCC(=O)N(Cc2cccc(C(F)(F)F)c2)C1. The van der Waals surface area contributed by atoms with E-state index in [1.54, 1.807) is 0 Å². The number of likely N-dealkylation sites (tertiary alicyclic amines) is 1. The molecule has 1 aliphatic rings. The first kappa shape index (κ1) is 18.3. The van der Waals surface area contributed by atoms with Crippen molar-refractivity contribution in [3.05, 3.63) is 35.4 Å². The lowest BCUT2D eigenvalue weighted by Crippen LogP contribution is -2.45. The molecule has 1 atom stereocenters. The Morgan fingerprint density at radius 1 is 1.38 bits per heavy atom. The molecule has 8 heteroatoms. The van der Waals surface area contributed by atoms with Gasteiger partial charge in [-0.3, -0.25) is 9.59 Å². The predicted octanol–water partition coefficient (Wildman–Crippen LogP) is 1.55. The minimum absolute atomic E-state index is 0.0343. The zero-order valence-corrected chi connectivity index (χ0v) is 13.0. The second kappa shape index (κ2) is 7.65. The van der Waals surface area contributed by atoms with Crippen molar-refractivity contribution in [2.24, 2.45) is 5.92 Å². The molecule has 1 aromatic carbocycles. The number of aliphatic hydroxyl groups excluding tert-OH is 1. The van der Waals surface area contributed by atoms with E-state index in [4.69, 9.17) is 5.11 Å². The number of hydrogen-bond acceptors (Lipinski definition) is 3. The topological polar surface area (TPSA) is 69.6 Å². The van der Waals surface area contributed by atoms with Crippen LogP contribution in [-0.2, 0) is 22.3 Å². The first-order valence-electron chi connectivity index (χ1n) is 7.63. The Balaban J connectivity index is 2.05. The van der Waals surface area contributed by atoms with Gasteiger partial charge >= 0.3 is 6.18 Å². The highest BCUT2D eigenvalue weighted by Gasteiger charge is 2.32. The molecule has 2 rings (SSSR count). The molecule has 0 aromatic heterocycles. The summed E-state index contributed by atoms with van der Waals surface area (Å²) in [6, 6.07) is 4.82. The fourth-order valence-electron chi connectivity index (χ4n) is 2.67. The third-order valence-corrected chi connectivity index (χ3v) is 3.91. The number of amides is 2. The summed E-state index contributed by atoms with van der Waals surface area (Å²) in [5, 5.41) is 11.3. The van der Waals surface area contributed by atoms with Crippen LogP contribution in [0.1, 0.15) is 24.0 Å². The van der Waals surface area contributed by atoms with E-state index in [1.807, 2.05) is 0 Å². The Morgan fingerprint density at radius 2 is 2.12 bits per heavy atom. The number of piperidine rings is 1. The van der Waals surface area contributed by atoms with Gasteiger partial charge in [-0.05, 0) is 24.1 Å². The van der Waals surface area contributed by atoms with Crippen LogP contribution in [0.4, 0.5) is 13.2 Å². The number of hydrogen-bond donors (Lipinski definition) is 2. The monoisotopic (exact) mass is 344 g/mol. The van der Waals surface area contributed by atoms with Gasteiger partial charge in [0.15, 0.2) is 0 Å². The Kier molecular flexibility index (Phi) is 5.82. The van der Waals surface area contributed by atoms with Crippen molar-refractivity contribution >= 4 is 11.8 Å². The molecule has 0 bridgehead atoms. The largest absolute Gasteiger partial charge is 0.416 e. The van der Waals surface area contributed by atoms with Crippen LogP contribution in [0, 0.1) is 5.92 Å². The summed E-state index contributed by atoms with van der Waals surface area (Å²) < 4.78 is 38.3. The Morgan fingerprint density at radius 3 is 2.79 bits per heavy atom. The first-order chi connectivity index (χ1) is 11.3. The lowest BCUT2D eigenvalue weighted by Gasteiger charge is -2.32. The molecule has 1 aliphatic heterocycles. The van der Waals surface area contributed by atoms with Gasteiger partial charge in [0.2, 0.25) is 11.8 Å². The molecule has 2 amide bonds. The molecule has 0 unspecified atom stereocenters. The third kappa shape index (κ3) is 4.70. The number of aliphatic hydroxyl groups is 1. The van der Waals surface area contributed by atoms with E-state index in [2.05, 4.69) is 5.32 Å². The molecule has 1 fully saturated rings. The molecule has 0 aliphatic carbocycles. The van der Waals surface area contributed by atoms with E-state index in [-0.39, 0.29) is 44.5 Å². The number of nitrogens with zero attached hydrogens (tertiary/aromatic N) is 1. The van der Waals surface area contributed by atoms with Gasteiger partial charge in [-0.2, -0.15) is 13.2 Å². The number of alkyl halides is 3. The Hall–Kier alpha value is -2.09. The summed E-state index contributed by atoms with van der Waals surface area (Å²) in [6.45, 7) is 0.154. The third-order valence-electron chi connectivity index (χ3n) is 3.91. The fourth-order valence-corrected chi connectivity index (χ4v) is 2.67. The molecule has 0 spiro atoms. The molecule has 0 radical (unpaired) electrons. The van der Waals surface area contributed by atoms with Gasteiger partial charge in [0, 0.05) is 26.1 Å². The zero-order chi connectivity index (χ0) is 17.7. The van der Waals surface area contributed by atoms with Crippen molar-refractivity contribution in [1.82, 2.24) is 10.2 Å². The summed E-state index contributed by atoms with van der Waals surface area (Å²) in [4.78, 5) is 25.3. The number of rotatable bonds is 5. The highest BCUT2D eigenvalue weighted by molar-refractivity contribution is 5.83. The maximum Gasteiger partial charge on any atom is 0.416 e. The molecule has 1 aromatic rings. The fraction of sp³-hybridized carbons (Fsp3) is 0.500. The molecule has 132 valence electrons. The highest BCUT2D eigenvalue weighted by atomic mass is 19.4. The quantitative estimate of drug-likeness (QED) is 0.852. The zero-order valence-electron chi connectivity index (χ0n) is 13.0. The normalized spacial score (nSPS) is 18.6. The average molecular weight is 344 g/mol. The van der Waals surface area contributed by atoms with Crippen LogP contribution in [0.2, 0.25) is 0 Å². The van der Waals surface area contributed by atoms with Crippen LogP contribution in [0.5, 0.6) is 0 Å². The van der Waals surface area contributed by atoms with Crippen molar-refractivity contribution in [2.45, 2.75) is 25.6 Å². The minimum atomic E-state index is -4.44. The van der Waals surface area contributed by atoms with Crippen LogP contribution in [0.3, 0.4) is 0 Å². The van der Waals surface area contributed by atoms with E-state index in [1.165, 1.54) is 17.0 Å². The van der Waals surface area contributed by atoms with Crippen molar-refractivity contribution in [2.75, 3.05) is 19.7 Å². The number of carbonyl (C=O) groups excluding carboxylic acids is 2. The summed E-state index contributed by atoms with van der Waals surface area (Å²) >= 11 is 0. The van der Waals surface area contributed by atoms with Gasteiger partial charge in [-0.15, -0.1) is 0 Å². The lowest BCUT2D eigenvalue weighted by atomic mass is 9.96. The molecule has 24 heavy (non-hydrogen) atoms.